The molecule has 2 fully saturated rings. The lowest BCUT2D eigenvalue weighted by molar-refractivity contribution is 0.250. The summed E-state index contributed by atoms with van der Waals surface area (Å²) in [7, 11) is 0. The summed E-state index contributed by atoms with van der Waals surface area (Å²) in [5, 5.41) is 7.57. The number of rotatable bonds is 6. The van der Waals surface area contributed by atoms with Crippen molar-refractivity contribution in [3.8, 4) is 0 Å². The maximum absolute atomic E-state index is 3.84. The van der Waals surface area contributed by atoms with Crippen LogP contribution in [0.4, 0.5) is 0 Å². The average Bonchev–Trinajstić information content (AvgIpc) is 2.75. The summed E-state index contributed by atoms with van der Waals surface area (Å²) in [5.74, 6) is 0. The number of nitrogens with one attached hydrogen (secondary N) is 2. The smallest absolute Gasteiger partial charge is 0.00817 e. The molecule has 1 heterocycles. The first kappa shape index (κ1) is 15.3. The first-order chi connectivity index (χ1) is 9.24. The van der Waals surface area contributed by atoms with Gasteiger partial charge in [-0.2, -0.15) is 0 Å². The predicted molar refractivity (Wildman–Crippen MR) is 83.5 cm³/mol. The molecule has 0 aromatic heterocycles. The van der Waals surface area contributed by atoms with Gasteiger partial charge in [0.15, 0.2) is 0 Å². The Balaban J connectivity index is 1.69. The molecule has 2 aliphatic rings. The van der Waals surface area contributed by atoms with Gasteiger partial charge in [-0.15, -0.1) is 0 Å². The molecule has 0 bridgehead atoms. The maximum Gasteiger partial charge on any atom is 0.00817 e. The fourth-order valence-corrected chi connectivity index (χ4v) is 3.98. The molecule has 1 saturated heterocycles. The summed E-state index contributed by atoms with van der Waals surface area (Å²) in [6.07, 6.45) is 14.1. The van der Waals surface area contributed by atoms with E-state index in [0.717, 1.165) is 6.04 Å². The van der Waals surface area contributed by atoms with Gasteiger partial charge < -0.3 is 10.6 Å². The highest BCUT2D eigenvalue weighted by atomic mass is 15.0. The van der Waals surface area contributed by atoms with E-state index in [2.05, 4.69) is 24.5 Å². The van der Waals surface area contributed by atoms with Crippen LogP contribution in [-0.2, 0) is 0 Å². The van der Waals surface area contributed by atoms with Crippen molar-refractivity contribution in [1.82, 2.24) is 10.6 Å². The normalized spacial score (nSPS) is 29.1. The summed E-state index contributed by atoms with van der Waals surface area (Å²) < 4.78 is 0. The van der Waals surface area contributed by atoms with Gasteiger partial charge in [0.1, 0.15) is 0 Å². The van der Waals surface area contributed by atoms with Crippen molar-refractivity contribution >= 4 is 0 Å². The first-order valence-electron chi connectivity index (χ1n) is 8.71. The van der Waals surface area contributed by atoms with Crippen molar-refractivity contribution in [3.63, 3.8) is 0 Å². The fourth-order valence-electron chi connectivity index (χ4n) is 3.98. The quantitative estimate of drug-likeness (QED) is 0.763. The van der Waals surface area contributed by atoms with Gasteiger partial charge in [0, 0.05) is 18.6 Å². The van der Waals surface area contributed by atoms with Crippen molar-refractivity contribution in [1.29, 1.82) is 0 Å². The molecular formula is C17H34N2. The summed E-state index contributed by atoms with van der Waals surface area (Å²) in [6, 6.07) is 1.42. The average molecular weight is 266 g/mol. The fraction of sp³-hybridized carbons (Fsp3) is 1.00. The number of hydrogen-bond acceptors (Lipinski definition) is 2. The van der Waals surface area contributed by atoms with Gasteiger partial charge >= 0.3 is 0 Å². The molecule has 0 spiro atoms. The highest BCUT2D eigenvalue weighted by Crippen LogP contribution is 2.40. The van der Waals surface area contributed by atoms with Crippen LogP contribution in [0.25, 0.3) is 0 Å². The van der Waals surface area contributed by atoms with E-state index in [4.69, 9.17) is 0 Å². The molecule has 19 heavy (non-hydrogen) atoms. The molecule has 0 aromatic carbocycles. The maximum atomic E-state index is 3.84. The summed E-state index contributed by atoms with van der Waals surface area (Å²) in [6.45, 7) is 7.24. The van der Waals surface area contributed by atoms with Gasteiger partial charge in [0.05, 0.1) is 0 Å². The van der Waals surface area contributed by atoms with Gasteiger partial charge in [-0.25, -0.2) is 0 Å². The van der Waals surface area contributed by atoms with E-state index in [1.54, 1.807) is 0 Å². The van der Waals surface area contributed by atoms with Crippen molar-refractivity contribution < 1.29 is 0 Å². The zero-order valence-electron chi connectivity index (χ0n) is 13.1. The van der Waals surface area contributed by atoms with Gasteiger partial charge in [-0.1, -0.05) is 32.6 Å². The Morgan fingerprint density at radius 2 is 1.95 bits per heavy atom. The monoisotopic (exact) mass is 266 g/mol. The Kier molecular flexibility index (Phi) is 6.15. The third-order valence-electron chi connectivity index (χ3n) is 5.54. The number of hydrogen-bond donors (Lipinski definition) is 2. The Morgan fingerprint density at radius 3 is 2.68 bits per heavy atom. The lowest BCUT2D eigenvalue weighted by Crippen LogP contribution is -2.41. The SMILES string of the molecule is CCC1(CNC(C)CC2CCCCCN2)CCCC1. The van der Waals surface area contributed by atoms with Crippen LogP contribution in [0.3, 0.4) is 0 Å². The summed E-state index contributed by atoms with van der Waals surface area (Å²) in [4.78, 5) is 0. The minimum atomic E-state index is 0.630. The van der Waals surface area contributed by atoms with Gasteiger partial charge in [0.2, 0.25) is 0 Å². The Hall–Kier alpha value is -0.0800. The van der Waals surface area contributed by atoms with Crippen LogP contribution in [0.15, 0.2) is 0 Å². The van der Waals surface area contributed by atoms with Crippen molar-refractivity contribution in [2.45, 2.75) is 90.1 Å². The molecule has 1 aliphatic carbocycles. The van der Waals surface area contributed by atoms with E-state index in [9.17, 15) is 0 Å². The first-order valence-corrected chi connectivity index (χ1v) is 8.71. The second-order valence-corrected chi connectivity index (χ2v) is 7.08. The van der Waals surface area contributed by atoms with E-state index in [0.29, 0.717) is 11.5 Å². The molecule has 2 unspecified atom stereocenters. The Labute approximate surface area is 120 Å². The second-order valence-electron chi connectivity index (χ2n) is 7.08. The minimum Gasteiger partial charge on any atom is -0.314 e. The van der Waals surface area contributed by atoms with Crippen LogP contribution in [0, 0.1) is 5.41 Å². The van der Waals surface area contributed by atoms with Crippen molar-refractivity contribution in [2.24, 2.45) is 5.41 Å². The molecular weight excluding hydrogens is 232 g/mol. The van der Waals surface area contributed by atoms with E-state index in [1.165, 1.54) is 77.3 Å². The van der Waals surface area contributed by atoms with Crippen LogP contribution >= 0.6 is 0 Å². The van der Waals surface area contributed by atoms with Crippen LogP contribution < -0.4 is 10.6 Å². The molecule has 1 aliphatic heterocycles. The molecule has 1 saturated carbocycles. The molecule has 2 nitrogen and oxygen atoms in total. The molecule has 2 N–H and O–H groups in total. The zero-order valence-corrected chi connectivity index (χ0v) is 13.1. The van der Waals surface area contributed by atoms with Gasteiger partial charge in [-0.05, 0) is 57.4 Å². The van der Waals surface area contributed by atoms with E-state index < -0.39 is 0 Å². The van der Waals surface area contributed by atoms with Gasteiger partial charge in [-0.3, -0.25) is 0 Å². The predicted octanol–water partition coefficient (Wildman–Crippen LogP) is 3.86. The van der Waals surface area contributed by atoms with Crippen molar-refractivity contribution in [2.75, 3.05) is 13.1 Å². The van der Waals surface area contributed by atoms with E-state index in [-0.39, 0.29) is 0 Å². The molecule has 0 aromatic rings. The lowest BCUT2D eigenvalue weighted by atomic mass is 9.83. The molecule has 112 valence electrons. The molecule has 0 radical (unpaired) electrons. The van der Waals surface area contributed by atoms with Crippen LogP contribution in [0.2, 0.25) is 0 Å². The highest BCUT2D eigenvalue weighted by molar-refractivity contribution is 4.87. The van der Waals surface area contributed by atoms with Crippen LogP contribution in [0.1, 0.15) is 78.1 Å². The molecule has 2 rings (SSSR count). The highest BCUT2D eigenvalue weighted by Gasteiger charge is 2.31. The lowest BCUT2D eigenvalue weighted by Gasteiger charge is -2.31. The summed E-state index contributed by atoms with van der Waals surface area (Å²) in [5.41, 5.74) is 0.630. The van der Waals surface area contributed by atoms with E-state index >= 15 is 0 Å². The molecule has 0 amide bonds. The Morgan fingerprint density at radius 1 is 1.16 bits per heavy atom. The summed E-state index contributed by atoms with van der Waals surface area (Å²) >= 11 is 0. The van der Waals surface area contributed by atoms with Gasteiger partial charge in [0.25, 0.3) is 0 Å². The Bertz CT molecular complexity index is 238. The van der Waals surface area contributed by atoms with Crippen molar-refractivity contribution in [3.05, 3.63) is 0 Å². The standard InChI is InChI=1S/C17H34N2/c1-3-17(10-6-7-11-17)14-19-15(2)13-16-9-5-4-8-12-18-16/h15-16,18-19H,3-14H2,1-2H3. The zero-order chi connectivity index (χ0) is 13.6. The second kappa shape index (κ2) is 7.64. The van der Waals surface area contributed by atoms with E-state index in [1.807, 2.05) is 0 Å². The van der Waals surface area contributed by atoms with Crippen LogP contribution in [0.5, 0.6) is 0 Å². The molecule has 2 heteroatoms. The topological polar surface area (TPSA) is 24.1 Å². The minimum absolute atomic E-state index is 0.630. The van der Waals surface area contributed by atoms with Crippen LogP contribution in [-0.4, -0.2) is 25.2 Å². The molecule has 2 atom stereocenters. The third kappa shape index (κ3) is 4.75. The third-order valence-corrected chi connectivity index (χ3v) is 5.54. The largest absolute Gasteiger partial charge is 0.314 e.